The smallest absolute Gasteiger partial charge is 0.333 e. The number of rotatable bonds is 5. The first-order valence-corrected chi connectivity index (χ1v) is 10.3. The van der Waals surface area contributed by atoms with E-state index >= 15 is 0 Å². The molecule has 1 aliphatic heterocycles. The third-order valence-corrected chi connectivity index (χ3v) is 7.08. The van der Waals surface area contributed by atoms with Crippen molar-refractivity contribution in [2.75, 3.05) is 13.2 Å². The predicted molar refractivity (Wildman–Crippen MR) is 109 cm³/mol. The molecule has 2 unspecified atom stereocenters. The zero-order valence-corrected chi connectivity index (χ0v) is 18.1. The van der Waals surface area contributed by atoms with E-state index < -0.39 is 0 Å². The van der Waals surface area contributed by atoms with Gasteiger partial charge in [0.15, 0.2) is 0 Å². The summed E-state index contributed by atoms with van der Waals surface area (Å²) in [6.45, 7) is 18.5. The molecule has 4 atom stereocenters. The Hall–Kier alpha value is -1.62. The molecule has 5 heteroatoms. The van der Waals surface area contributed by atoms with E-state index in [0.717, 1.165) is 25.9 Å². The molecule has 0 aromatic rings. The average Bonchev–Trinajstić information content (AvgIpc) is 3.26. The maximum absolute atomic E-state index is 11.6. The minimum Gasteiger partial charge on any atom is -0.460 e. The summed E-state index contributed by atoms with van der Waals surface area (Å²) in [6, 6.07) is 0. The summed E-state index contributed by atoms with van der Waals surface area (Å²) in [5.74, 6) is 0.153. The van der Waals surface area contributed by atoms with Gasteiger partial charge in [0.05, 0.1) is 6.10 Å². The number of ether oxygens (including phenoxy) is 3. The van der Waals surface area contributed by atoms with Gasteiger partial charge >= 0.3 is 11.9 Å². The van der Waals surface area contributed by atoms with Gasteiger partial charge in [0.2, 0.25) is 0 Å². The van der Waals surface area contributed by atoms with Gasteiger partial charge in [-0.2, -0.15) is 0 Å². The van der Waals surface area contributed by atoms with Crippen molar-refractivity contribution in [3.8, 4) is 0 Å². The molecule has 2 bridgehead atoms. The Morgan fingerprint density at radius 1 is 1.07 bits per heavy atom. The molecule has 0 radical (unpaired) electrons. The van der Waals surface area contributed by atoms with E-state index in [2.05, 4.69) is 33.9 Å². The first-order chi connectivity index (χ1) is 13.0. The van der Waals surface area contributed by atoms with Crippen molar-refractivity contribution >= 4 is 11.9 Å². The topological polar surface area (TPSA) is 61.8 Å². The number of carbonyl (C=O) groups excluding carboxylic acids is 2. The molecule has 5 nitrogen and oxygen atoms in total. The van der Waals surface area contributed by atoms with Crippen LogP contribution in [-0.2, 0) is 23.8 Å². The van der Waals surface area contributed by atoms with E-state index in [0.29, 0.717) is 29.1 Å². The van der Waals surface area contributed by atoms with Crippen LogP contribution in [0.4, 0.5) is 0 Å². The Morgan fingerprint density at radius 3 is 2.14 bits per heavy atom. The van der Waals surface area contributed by atoms with E-state index in [1.54, 1.807) is 13.8 Å². The third-order valence-electron chi connectivity index (χ3n) is 7.08. The molecular weight excluding hydrogens is 356 g/mol. The largest absolute Gasteiger partial charge is 0.460 e. The molecule has 0 aromatic carbocycles. The molecule has 2 aliphatic carbocycles. The molecule has 2 saturated carbocycles. The van der Waals surface area contributed by atoms with Gasteiger partial charge in [0, 0.05) is 23.2 Å². The fourth-order valence-corrected chi connectivity index (χ4v) is 4.61. The molecule has 3 rings (SSSR count). The molecule has 1 saturated heterocycles. The lowest BCUT2D eigenvalue weighted by Gasteiger charge is -2.38. The molecule has 3 aliphatic rings. The zero-order valence-electron chi connectivity index (χ0n) is 18.1. The van der Waals surface area contributed by atoms with Crippen LogP contribution >= 0.6 is 0 Å². The fourth-order valence-electron chi connectivity index (χ4n) is 4.61. The van der Waals surface area contributed by atoms with E-state index in [1.165, 1.54) is 12.8 Å². The van der Waals surface area contributed by atoms with Crippen LogP contribution in [0.2, 0.25) is 0 Å². The number of hydrogen-bond acceptors (Lipinski definition) is 5. The maximum atomic E-state index is 11.6. The van der Waals surface area contributed by atoms with Gasteiger partial charge in [-0.15, -0.1) is 0 Å². The van der Waals surface area contributed by atoms with Crippen molar-refractivity contribution in [3.63, 3.8) is 0 Å². The van der Waals surface area contributed by atoms with E-state index in [1.807, 2.05) is 0 Å². The Morgan fingerprint density at radius 2 is 1.71 bits per heavy atom. The molecule has 28 heavy (non-hydrogen) atoms. The molecule has 0 amide bonds. The normalized spacial score (nSPS) is 32.2. The Balaban J connectivity index is 0.000000209. The van der Waals surface area contributed by atoms with Crippen LogP contribution in [0.15, 0.2) is 24.3 Å². The summed E-state index contributed by atoms with van der Waals surface area (Å²) in [6.07, 6.45) is 5.74. The maximum Gasteiger partial charge on any atom is 0.333 e. The predicted octanol–water partition coefficient (Wildman–Crippen LogP) is 4.61. The first kappa shape index (κ1) is 22.7. The van der Waals surface area contributed by atoms with Gasteiger partial charge in [-0.05, 0) is 57.3 Å². The minimum atomic E-state index is -0.328. The highest BCUT2D eigenvalue weighted by molar-refractivity contribution is 5.87. The number of carbonyl (C=O) groups is 2. The number of hydrogen-bond donors (Lipinski definition) is 0. The van der Waals surface area contributed by atoms with Crippen LogP contribution in [0.3, 0.4) is 0 Å². The van der Waals surface area contributed by atoms with E-state index in [-0.39, 0.29) is 29.6 Å². The molecular formula is C23H36O5. The second kappa shape index (κ2) is 8.81. The first-order valence-electron chi connectivity index (χ1n) is 10.3. The second-order valence-electron chi connectivity index (χ2n) is 9.30. The van der Waals surface area contributed by atoms with E-state index in [4.69, 9.17) is 14.2 Å². The lowest BCUT2D eigenvalue weighted by atomic mass is 9.70. The molecule has 0 N–H and O–H groups in total. The highest BCUT2D eigenvalue weighted by Gasteiger charge is 2.62. The Bertz CT molecular complexity index is 629. The highest BCUT2D eigenvalue weighted by atomic mass is 16.6. The van der Waals surface area contributed by atoms with Gasteiger partial charge in [-0.3, -0.25) is 0 Å². The quantitative estimate of drug-likeness (QED) is 0.505. The van der Waals surface area contributed by atoms with Gasteiger partial charge < -0.3 is 14.2 Å². The monoisotopic (exact) mass is 392 g/mol. The third kappa shape index (κ3) is 4.68. The SMILES string of the molecule is C=C(C)C(=O)OC1C[C@H]2CC[C@@]1(C)C2(C)C.C=C(C)C(=O)OCC1CCCO1. The summed E-state index contributed by atoms with van der Waals surface area (Å²) in [5.41, 5.74) is 1.40. The van der Waals surface area contributed by atoms with Crippen molar-refractivity contribution in [2.24, 2.45) is 16.7 Å². The van der Waals surface area contributed by atoms with Crippen LogP contribution in [-0.4, -0.2) is 37.4 Å². The average molecular weight is 393 g/mol. The molecule has 3 fully saturated rings. The number of fused-ring (bicyclic) bond motifs is 2. The van der Waals surface area contributed by atoms with Crippen molar-refractivity contribution in [2.45, 2.75) is 78.9 Å². The van der Waals surface area contributed by atoms with Crippen LogP contribution in [0, 0.1) is 16.7 Å². The van der Waals surface area contributed by atoms with Gasteiger partial charge in [-0.25, -0.2) is 9.59 Å². The molecule has 0 aromatic heterocycles. The van der Waals surface area contributed by atoms with Gasteiger partial charge in [0.25, 0.3) is 0 Å². The van der Waals surface area contributed by atoms with Crippen LogP contribution in [0.25, 0.3) is 0 Å². The summed E-state index contributed by atoms with van der Waals surface area (Å²) in [7, 11) is 0. The van der Waals surface area contributed by atoms with Crippen molar-refractivity contribution in [3.05, 3.63) is 24.3 Å². The van der Waals surface area contributed by atoms with Crippen LogP contribution in [0.1, 0.15) is 66.7 Å². The summed E-state index contributed by atoms with van der Waals surface area (Å²) in [4.78, 5) is 22.5. The van der Waals surface area contributed by atoms with Gasteiger partial charge in [-0.1, -0.05) is 33.9 Å². The van der Waals surface area contributed by atoms with Crippen molar-refractivity contribution in [1.29, 1.82) is 0 Å². The van der Waals surface area contributed by atoms with Crippen molar-refractivity contribution < 1.29 is 23.8 Å². The summed E-state index contributed by atoms with van der Waals surface area (Å²) >= 11 is 0. The zero-order chi connectivity index (χ0) is 21.1. The fraction of sp³-hybridized carbons (Fsp3) is 0.739. The Kier molecular flexibility index (Phi) is 7.13. The number of esters is 2. The minimum absolute atomic E-state index is 0.0884. The lowest BCUT2D eigenvalue weighted by Crippen LogP contribution is -2.38. The van der Waals surface area contributed by atoms with Gasteiger partial charge in [0.1, 0.15) is 12.7 Å². The molecule has 1 heterocycles. The van der Waals surface area contributed by atoms with Crippen molar-refractivity contribution in [1.82, 2.24) is 0 Å². The van der Waals surface area contributed by atoms with E-state index in [9.17, 15) is 9.59 Å². The molecule has 0 spiro atoms. The van der Waals surface area contributed by atoms with Crippen LogP contribution in [0.5, 0.6) is 0 Å². The van der Waals surface area contributed by atoms with Crippen LogP contribution < -0.4 is 0 Å². The second-order valence-corrected chi connectivity index (χ2v) is 9.30. The standard InChI is InChI=1S/C14H22O2.C9H14O3/c1-9(2)12(15)16-11-8-10-6-7-14(11,5)13(10,3)4;1-7(2)9(10)12-6-8-4-3-5-11-8/h10-11H,1,6-8H2,2-5H3;8H,1,3-6H2,2H3/t10-,11?,14-;/m1./s1. The summed E-state index contributed by atoms with van der Waals surface area (Å²) < 4.78 is 15.8. The summed E-state index contributed by atoms with van der Waals surface area (Å²) in [5, 5.41) is 0. The molecule has 158 valence electrons. The lowest BCUT2D eigenvalue weighted by molar-refractivity contribution is -0.152. The highest BCUT2D eigenvalue weighted by Crippen LogP contribution is 2.66. The Labute approximate surface area is 169 Å².